The van der Waals surface area contributed by atoms with Crippen LogP contribution < -0.4 is 14.8 Å². The van der Waals surface area contributed by atoms with Crippen LogP contribution in [0, 0.1) is 0 Å². The van der Waals surface area contributed by atoms with Crippen LogP contribution in [0.15, 0.2) is 21.1 Å². The molecule has 0 saturated heterocycles. The van der Waals surface area contributed by atoms with Crippen LogP contribution in [0.3, 0.4) is 0 Å². The summed E-state index contributed by atoms with van der Waals surface area (Å²) in [7, 11) is 1.65. The maximum absolute atomic E-state index is 6.06. The van der Waals surface area contributed by atoms with E-state index in [1.54, 1.807) is 7.11 Å². The minimum atomic E-state index is 0.192. The minimum absolute atomic E-state index is 0.192. The van der Waals surface area contributed by atoms with Gasteiger partial charge in [-0.2, -0.15) is 0 Å². The summed E-state index contributed by atoms with van der Waals surface area (Å²) in [6, 6.07) is 4.58. The lowest BCUT2D eigenvalue weighted by Gasteiger charge is -2.20. The summed E-state index contributed by atoms with van der Waals surface area (Å²) in [5.74, 6) is 1.64. The van der Waals surface area contributed by atoms with Gasteiger partial charge in [0.05, 0.1) is 16.1 Å². The predicted octanol–water partition coefficient (Wildman–Crippen LogP) is 4.13. The summed E-state index contributed by atoms with van der Waals surface area (Å²) in [5, 5.41) is 3.51. The molecular formula is C14H19Br2NO2. The van der Waals surface area contributed by atoms with Gasteiger partial charge in [0.15, 0.2) is 0 Å². The number of benzene rings is 1. The normalized spacial score (nSPS) is 16.2. The first kappa shape index (κ1) is 15.1. The molecule has 1 aliphatic carbocycles. The zero-order valence-corrected chi connectivity index (χ0v) is 14.4. The standard InChI is InChI=1S/C14H19Br2NO2/c1-3-10(8-17-9-4-5-9)19-14-7-11(15)13(18-2)6-12(14)16/h6-7,9-10,17H,3-5,8H2,1-2H3. The Morgan fingerprint density at radius 3 is 2.47 bits per heavy atom. The van der Waals surface area contributed by atoms with Crippen molar-refractivity contribution in [2.24, 2.45) is 0 Å². The van der Waals surface area contributed by atoms with Crippen molar-refractivity contribution in [3.8, 4) is 11.5 Å². The topological polar surface area (TPSA) is 30.5 Å². The number of hydrogen-bond donors (Lipinski definition) is 1. The van der Waals surface area contributed by atoms with Crippen LogP contribution in [0.1, 0.15) is 26.2 Å². The van der Waals surface area contributed by atoms with Gasteiger partial charge in [0, 0.05) is 12.6 Å². The van der Waals surface area contributed by atoms with Crippen LogP contribution in [-0.4, -0.2) is 25.8 Å². The number of rotatable bonds is 7. The molecule has 19 heavy (non-hydrogen) atoms. The fourth-order valence-electron chi connectivity index (χ4n) is 1.79. The molecule has 0 radical (unpaired) electrons. The second-order valence-electron chi connectivity index (χ2n) is 4.75. The molecule has 5 heteroatoms. The number of nitrogens with one attached hydrogen (secondary N) is 1. The van der Waals surface area contributed by atoms with Gasteiger partial charge in [-0.25, -0.2) is 0 Å². The highest BCUT2D eigenvalue weighted by molar-refractivity contribution is 9.11. The van der Waals surface area contributed by atoms with Crippen LogP contribution in [0.2, 0.25) is 0 Å². The quantitative estimate of drug-likeness (QED) is 0.756. The lowest BCUT2D eigenvalue weighted by molar-refractivity contribution is 0.191. The van der Waals surface area contributed by atoms with Gasteiger partial charge in [-0.15, -0.1) is 0 Å². The molecular weight excluding hydrogens is 374 g/mol. The van der Waals surface area contributed by atoms with Gasteiger partial charge in [0.25, 0.3) is 0 Å². The van der Waals surface area contributed by atoms with Gasteiger partial charge < -0.3 is 14.8 Å². The number of halogens is 2. The molecule has 1 fully saturated rings. The fourth-order valence-corrected chi connectivity index (χ4v) is 2.69. The van der Waals surface area contributed by atoms with Crippen LogP contribution in [0.4, 0.5) is 0 Å². The van der Waals surface area contributed by atoms with Crippen LogP contribution in [0.25, 0.3) is 0 Å². The van der Waals surface area contributed by atoms with Crippen molar-refractivity contribution in [3.63, 3.8) is 0 Å². The van der Waals surface area contributed by atoms with Gasteiger partial charge in [-0.05, 0) is 63.3 Å². The Hall–Kier alpha value is -0.260. The molecule has 0 aromatic heterocycles. The highest BCUT2D eigenvalue weighted by Gasteiger charge is 2.22. The molecule has 3 nitrogen and oxygen atoms in total. The van der Waals surface area contributed by atoms with E-state index in [2.05, 4.69) is 44.1 Å². The highest BCUT2D eigenvalue weighted by Crippen LogP contribution is 2.36. The van der Waals surface area contributed by atoms with E-state index in [1.165, 1.54) is 12.8 Å². The molecule has 1 unspecified atom stereocenters. The van der Waals surface area contributed by atoms with Crippen LogP contribution >= 0.6 is 31.9 Å². The fraction of sp³-hybridized carbons (Fsp3) is 0.571. The van der Waals surface area contributed by atoms with Crippen molar-refractivity contribution in [2.45, 2.75) is 38.3 Å². The summed E-state index contributed by atoms with van der Waals surface area (Å²) >= 11 is 7.01. The predicted molar refractivity (Wildman–Crippen MR) is 84.1 cm³/mol. The van der Waals surface area contributed by atoms with Crippen molar-refractivity contribution in [1.82, 2.24) is 5.32 Å². The van der Waals surface area contributed by atoms with E-state index < -0.39 is 0 Å². The Balaban J connectivity index is 2.00. The number of methoxy groups -OCH3 is 1. The van der Waals surface area contributed by atoms with E-state index in [0.717, 1.165) is 33.4 Å². The Morgan fingerprint density at radius 2 is 1.89 bits per heavy atom. The van der Waals surface area contributed by atoms with Crippen molar-refractivity contribution in [2.75, 3.05) is 13.7 Å². The van der Waals surface area contributed by atoms with Crippen LogP contribution in [0.5, 0.6) is 11.5 Å². The van der Waals surface area contributed by atoms with E-state index in [-0.39, 0.29) is 6.10 Å². The van der Waals surface area contributed by atoms with E-state index >= 15 is 0 Å². The van der Waals surface area contributed by atoms with Gasteiger partial charge >= 0.3 is 0 Å². The SMILES string of the molecule is CCC(CNC1CC1)Oc1cc(Br)c(OC)cc1Br. The molecule has 1 saturated carbocycles. The lowest BCUT2D eigenvalue weighted by Crippen LogP contribution is -2.32. The minimum Gasteiger partial charge on any atom is -0.496 e. The molecule has 1 aromatic carbocycles. The lowest BCUT2D eigenvalue weighted by atomic mass is 10.2. The Bertz CT molecular complexity index is 436. The second-order valence-corrected chi connectivity index (χ2v) is 6.46. The Morgan fingerprint density at radius 1 is 1.26 bits per heavy atom. The summed E-state index contributed by atoms with van der Waals surface area (Å²) in [6.07, 6.45) is 3.77. The summed E-state index contributed by atoms with van der Waals surface area (Å²) < 4.78 is 13.1. The van der Waals surface area contributed by atoms with Gasteiger partial charge in [-0.3, -0.25) is 0 Å². The molecule has 2 rings (SSSR count). The van der Waals surface area contributed by atoms with Gasteiger partial charge in [0.1, 0.15) is 17.6 Å². The molecule has 0 aliphatic heterocycles. The Kier molecular flexibility index (Phi) is 5.54. The third-order valence-electron chi connectivity index (χ3n) is 3.17. The van der Waals surface area contributed by atoms with Crippen molar-refractivity contribution >= 4 is 31.9 Å². The van der Waals surface area contributed by atoms with Gasteiger partial charge in [0.2, 0.25) is 0 Å². The first-order valence-electron chi connectivity index (χ1n) is 6.57. The first-order valence-corrected chi connectivity index (χ1v) is 8.15. The zero-order chi connectivity index (χ0) is 13.8. The first-order chi connectivity index (χ1) is 9.13. The molecule has 0 spiro atoms. The zero-order valence-electron chi connectivity index (χ0n) is 11.2. The smallest absolute Gasteiger partial charge is 0.135 e. The third-order valence-corrected chi connectivity index (χ3v) is 4.41. The molecule has 0 amide bonds. The second kappa shape index (κ2) is 6.95. The van der Waals surface area contributed by atoms with Crippen molar-refractivity contribution in [1.29, 1.82) is 0 Å². The number of ether oxygens (including phenoxy) is 2. The van der Waals surface area contributed by atoms with Gasteiger partial charge in [-0.1, -0.05) is 6.92 Å². The van der Waals surface area contributed by atoms with Crippen molar-refractivity contribution < 1.29 is 9.47 Å². The van der Waals surface area contributed by atoms with E-state index in [0.29, 0.717) is 6.04 Å². The molecule has 1 N–H and O–H groups in total. The van der Waals surface area contributed by atoms with Crippen LogP contribution in [-0.2, 0) is 0 Å². The largest absolute Gasteiger partial charge is 0.496 e. The maximum Gasteiger partial charge on any atom is 0.135 e. The third kappa shape index (κ3) is 4.36. The summed E-state index contributed by atoms with van der Waals surface area (Å²) in [6.45, 7) is 3.04. The summed E-state index contributed by atoms with van der Waals surface area (Å²) in [5.41, 5.74) is 0. The molecule has 1 aromatic rings. The van der Waals surface area contributed by atoms with E-state index in [1.807, 2.05) is 12.1 Å². The average Bonchev–Trinajstić information content (AvgIpc) is 3.22. The van der Waals surface area contributed by atoms with E-state index in [4.69, 9.17) is 9.47 Å². The molecule has 1 aliphatic rings. The molecule has 0 bridgehead atoms. The summed E-state index contributed by atoms with van der Waals surface area (Å²) in [4.78, 5) is 0. The van der Waals surface area contributed by atoms with Crippen molar-refractivity contribution in [3.05, 3.63) is 21.1 Å². The molecule has 1 atom stereocenters. The molecule has 106 valence electrons. The van der Waals surface area contributed by atoms with E-state index in [9.17, 15) is 0 Å². The highest BCUT2D eigenvalue weighted by atomic mass is 79.9. The maximum atomic E-state index is 6.06. The molecule has 0 heterocycles. The Labute approximate surface area is 131 Å². The average molecular weight is 393 g/mol. The number of hydrogen-bond acceptors (Lipinski definition) is 3. The monoisotopic (exact) mass is 391 g/mol.